The van der Waals surface area contributed by atoms with Crippen LogP contribution in [0, 0.1) is 13.8 Å². The van der Waals surface area contributed by atoms with Crippen molar-refractivity contribution in [3.05, 3.63) is 88.4 Å². The molecule has 0 saturated carbocycles. The Hall–Kier alpha value is -3.56. The Morgan fingerprint density at radius 1 is 0.976 bits per heavy atom. The molecule has 3 aromatic rings. The number of anilines is 1. The molecule has 2 amide bonds. The Morgan fingerprint density at radius 3 is 2.22 bits per heavy atom. The van der Waals surface area contributed by atoms with Crippen molar-refractivity contribution in [3.8, 4) is 5.75 Å². The van der Waals surface area contributed by atoms with Gasteiger partial charge in [0.15, 0.2) is 0 Å². The van der Waals surface area contributed by atoms with E-state index >= 15 is 0 Å². The highest BCUT2D eigenvalue weighted by Gasteiger charge is 2.34. The lowest BCUT2D eigenvalue weighted by Crippen LogP contribution is -2.52. The van der Waals surface area contributed by atoms with Gasteiger partial charge in [-0.2, -0.15) is 0 Å². The number of rotatable bonds is 12. The number of hydrogen-bond donors (Lipinski definition) is 1. The fourth-order valence-electron chi connectivity index (χ4n) is 4.20. The van der Waals surface area contributed by atoms with Gasteiger partial charge >= 0.3 is 0 Å². The zero-order chi connectivity index (χ0) is 30.3. The number of carbonyl (C=O) groups excluding carboxylic acids is 2. The first-order chi connectivity index (χ1) is 19.4. The molecule has 0 aliphatic carbocycles. The molecule has 41 heavy (non-hydrogen) atoms. The maximum Gasteiger partial charge on any atom is 0.264 e. The van der Waals surface area contributed by atoms with Crippen molar-refractivity contribution in [1.82, 2.24) is 10.2 Å². The van der Waals surface area contributed by atoms with Crippen LogP contribution in [0.2, 0.25) is 5.02 Å². The summed E-state index contributed by atoms with van der Waals surface area (Å²) in [5, 5.41) is 3.35. The molecule has 220 valence electrons. The second-order valence-corrected chi connectivity index (χ2v) is 12.4. The van der Waals surface area contributed by atoms with Crippen molar-refractivity contribution in [2.75, 3.05) is 18.0 Å². The van der Waals surface area contributed by atoms with Crippen LogP contribution in [0.15, 0.2) is 71.6 Å². The standard InChI is InChI=1S/C31H38ClN3O5S/c1-7-23(4)33-31(37)24(5)34(19-25-10-8-9-11-27(25)32)30(36)20-35(28-18-22(3)14-17-29(28)40-6)41(38,39)26-15-12-21(2)13-16-26/h8-18,23-24H,7,19-20H2,1-6H3,(H,33,37)/t23-,24+/m0/s1. The summed E-state index contributed by atoms with van der Waals surface area (Å²) in [5.74, 6) is -0.629. The second-order valence-electron chi connectivity index (χ2n) is 10.1. The fraction of sp³-hybridized carbons (Fsp3) is 0.355. The number of nitrogens with one attached hydrogen (secondary N) is 1. The average molecular weight is 600 g/mol. The lowest BCUT2D eigenvalue weighted by Gasteiger charge is -2.33. The fourth-order valence-corrected chi connectivity index (χ4v) is 5.82. The van der Waals surface area contributed by atoms with Gasteiger partial charge in [0.1, 0.15) is 18.3 Å². The van der Waals surface area contributed by atoms with Gasteiger partial charge in [-0.15, -0.1) is 0 Å². The summed E-state index contributed by atoms with van der Waals surface area (Å²) in [6.07, 6.45) is 0.715. The maximum atomic E-state index is 14.1. The van der Waals surface area contributed by atoms with E-state index in [0.717, 1.165) is 15.4 Å². The van der Waals surface area contributed by atoms with E-state index in [9.17, 15) is 18.0 Å². The minimum Gasteiger partial charge on any atom is -0.495 e. The van der Waals surface area contributed by atoms with Gasteiger partial charge in [0.2, 0.25) is 11.8 Å². The highest BCUT2D eigenvalue weighted by molar-refractivity contribution is 7.92. The number of nitrogens with zero attached hydrogens (tertiary/aromatic N) is 2. The first-order valence-electron chi connectivity index (χ1n) is 13.5. The summed E-state index contributed by atoms with van der Waals surface area (Å²) in [7, 11) is -2.78. The monoisotopic (exact) mass is 599 g/mol. The number of amides is 2. The molecule has 0 fully saturated rings. The minimum absolute atomic E-state index is 0.0109. The Bertz CT molecular complexity index is 1480. The van der Waals surface area contributed by atoms with E-state index < -0.39 is 28.5 Å². The minimum atomic E-state index is -4.22. The largest absolute Gasteiger partial charge is 0.495 e. The molecule has 0 unspecified atom stereocenters. The number of methoxy groups -OCH3 is 1. The molecular formula is C31H38ClN3O5S. The Balaban J connectivity index is 2.11. The summed E-state index contributed by atoms with van der Waals surface area (Å²) in [4.78, 5) is 28.7. The van der Waals surface area contributed by atoms with Crippen LogP contribution in [0.3, 0.4) is 0 Å². The molecule has 8 nitrogen and oxygen atoms in total. The van der Waals surface area contributed by atoms with Crippen LogP contribution in [-0.2, 0) is 26.2 Å². The Kier molecular flexibility index (Phi) is 10.8. The van der Waals surface area contributed by atoms with E-state index in [1.165, 1.54) is 24.1 Å². The van der Waals surface area contributed by atoms with Gasteiger partial charge in [0.05, 0.1) is 17.7 Å². The van der Waals surface area contributed by atoms with Crippen molar-refractivity contribution >= 4 is 39.1 Å². The van der Waals surface area contributed by atoms with E-state index in [4.69, 9.17) is 16.3 Å². The second kappa shape index (κ2) is 13.9. The molecular weight excluding hydrogens is 562 g/mol. The predicted octanol–water partition coefficient (Wildman–Crippen LogP) is 5.49. The molecule has 0 bridgehead atoms. The summed E-state index contributed by atoms with van der Waals surface area (Å²) >= 11 is 6.43. The van der Waals surface area contributed by atoms with E-state index in [0.29, 0.717) is 22.8 Å². The molecule has 10 heteroatoms. The number of halogens is 1. The molecule has 0 spiro atoms. The number of carbonyl (C=O) groups is 2. The van der Waals surface area contributed by atoms with Gasteiger partial charge in [-0.3, -0.25) is 13.9 Å². The normalized spacial score (nSPS) is 12.8. The lowest BCUT2D eigenvalue weighted by molar-refractivity contribution is -0.139. The lowest BCUT2D eigenvalue weighted by atomic mass is 10.1. The van der Waals surface area contributed by atoms with Crippen molar-refractivity contribution in [2.24, 2.45) is 0 Å². The molecule has 0 heterocycles. The van der Waals surface area contributed by atoms with Crippen molar-refractivity contribution < 1.29 is 22.7 Å². The van der Waals surface area contributed by atoms with E-state index in [1.807, 2.05) is 27.7 Å². The Morgan fingerprint density at radius 2 is 1.61 bits per heavy atom. The smallest absolute Gasteiger partial charge is 0.264 e. The van der Waals surface area contributed by atoms with Crippen LogP contribution in [-0.4, -0.2) is 50.9 Å². The third-order valence-corrected chi connectivity index (χ3v) is 9.10. The number of aryl methyl sites for hydroxylation is 2. The molecule has 0 radical (unpaired) electrons. The van der Waals surface area contributed by atoms with E-state index in [1.54, 1.807) is 61.5 Å². The van der Waals surface area contributed by atoms with Gasteiger partial charge in [-0.1, -0.05) is 60.5 Å². The molecule has 3 rings (SSSR count). The highest BCUT2D eigenvalue weighted by atomic mass is 35.5. The molecule has 1 N–H and O–H groups in total. The Labute approximate surface area is 248 Å². The van der Waals surface area contributed by atoms with Gasteiger partial charge in [0, 0.05) is 17.6 Å². The van der Waals surface area contributed by atoms with Gasteiger partial charge < -0.3 is 15.0 Å². The van der Waals surface area contributed by atoms with Crippen LogP contribution in [0.25, 0.3) is 0 Å². The first kappa shape index (κ1) is 32.0. The van der Waals surface area contributed by atoms with Gasteiger partial charge in [-0.25, -0.2) is 8.42 Å². The zero-order valence-corrected chi connectivity index (χ0v) is 25.9. The molecule has 0 saturated heterocycles. The van der Waals surface area contributed by atoms with Gasteiger partial charge in [-0.05, 0) is 75.6 Å². The molecule has 0 aromatic heterocycles. The number of hydrogen-bond acceptors (Lipinski definition) is 5. The van der Waals surface area contributed by atoms with E-state index in [2.05, 4.69) is 5.32 Å². The molecule has 0 aliphatic heterocycles. The third-order valence-electron chi connectivity index (χ3n) is 6.96. The van der Waals surface area contributed by atoms with Crippen LogP contribution < -0.4 is 14.4 Å². The molecule has 0 aliphatic rings. The molecule has 2 atom stereocenters. The first-order valence-corrected chi connectivity index (χ1v) is 15.3. The van der Waals surface area contributed by atoms with E-state index in [-0.39, 0.29) is 29.1 Å². The zero-order valence-electron chi connectivity index (χ0n) is 24.3. The van der Waals surface area contributed by atoms with Crippen molar-refractivity contribution in [2.45, 2.75) is 64.6 Å². The topological polar surface area (TPSA) is 96.0 Å². The van der Waals surface area contributed by atoms with Crippen molar-refractivity contribution in [3.63, 3.8) is 0 Å². The van der Waals surface area contributed by atoms with Crippen LogP contribution in [0.4, 0.5) is 5.69 Å². The number of benzene rings is 3. The summed E-state index contributed by atoms with van der Waals surface area (Å²) in [6, 6.07) is 17.6. The predicted molar refractivity (Wildman–Crippen MR) is 163 cm³/mol. The number of ether oxygens (including phenoxy) is 1. The van der Waals surface area contributed by atoms with Crippen LogP contribution >= 0.6 is 11.6 Å². The number of sulfonamides is 1. The average Bonchev–Trinajstić information content (AvgIpc) is 2.95. The molecule has 3 aromatic carbocycles. The van der Waals surface area contributed by atoms with Crippen LogP contribution in [0.1, 0.15) is 43.9 Å². The summed E-state index contributed by atoms with van der Waals surface area (Å²) < 4.78 is 34.7. The SMILES string of the molecule is CC[C@H](C)NC(=O)[C@@H](C)N(Cc1ccccc1Cl)C(=O)CN(c1cc(C)ccc1OC)S(=O)(=O)c1ccc(C)cc1. The van der Waals surface area contributed by atoms with Crippen LogP contribution in [0.5, 0.6) is 5.75 Å². The summed E-state index contributed by atoms with van der Waals surface area (Å²) in [6.45, 7) is 8.58. The van der Waals surface area contributed by atoms with Crippen molar-refractivity contribution in [1.29, 1.82) is 0 Å². The quantitative estimate of drug-likeness (QED) is 0.297. The summed E-state index contributed by atoms with van der Waals surface area (Å²) in [5.41, 5.74) is 2.53. The van der Waals surface area contributed by atoms with Gasteiger partial charge in [0.25, 0.3) is 10.0 Å². The highest BCUT2D eigenvalue weighted by Crippen LogP contribution is 2.34. The third kappa shape index (κ3) is 7.80. The maximum absolute atomic E-state index is 14.1.